The summed E-state index contributed by atoms with van der Waals surface area (Å²) in [6.45, 7) is 1.76. The van der Waals surface area contributed by atoms with Gasteiger partial charge in [-0.3, -0.25) is 19.4 Å². The fraction of sp³-hybridized carbons (Fsp3) is 0.0667. The number of pyridine rings is 1. The highest BCUT2D eigenvalue weighted by Gasteiger charge is 2.18. The van der Waals surface area contributed by atoms with E-state index >= 15 is 0 Å². The fourth-order valence-electron chi connectivity index (χ4n) is 3.51. The first kappa shape index (κ1) is 28.9. The van der Waals surface area contributed by atoms with Gasteiger partial charge in [0.15, 0.2) is 0 Å². The molecule has 10 heteroatoms. The smallest absolute Gasteiger partial charge is 0.272 e. The topological polar surface area (TPSA) is 100 Å². The second kappa shape index (κ2) is 13.8. The number of aromatic nitrogens is 1. The van der Waals surface area contributed by atoms with Crippen LogP contribution in [0.5, 0.6) is 0 Å². The van der Waals surface area contributed by atoms with Gasteiger partial charge in [-0.2, -0.15) is 0 Å². The highest BCUT2D eigenvalue weighted by molar-refractivity contribution is 8.00. The maximum Gasteiger partial charge on any atom is 0.272 e. The number of benzene rings is 3. The van der Waals surface area contributed by atoms with Crippen LogP contribution in [0.3, 0.4) is 0 Å². The number of rotatable bonds is 9. The molecule has 1 heterocycles. The third-order valence-electron chi connectivity index (χ3n) is 5.51. The lowest BCUT2D eigenvalue weighted by Gasteiger charge is -2.15. The fourth-order valence-corrected chi connectivity index (χ4v) is 4.78. The van der Waals surface area contributed by atoms with Gasteiger partial charge in [0.05, 0.1) is 21.0 Å². The molecule has 1 unspecified atom stereocenters. The van der Waals surface area contributed by atoms with Gasteiger partial charge in [-0.15, -0.1) is 11.8 Å². The normalized spacial score (nSPS) is 11.8. The van der Waals surface area contributed by atoms with Crippen LogP contribution in [0.2, 0.25) is 10.0 Å². The Morgan fingerprint density at radius 3 is 2.42 bits per heavy atom. The number of carbonyl (C=O) groups excluding carboxylic acids is 3. The summed E-state index contributed by atoms with van der Waals surface area (Å²) in [6, 6.07) is 24.2. The summed E-state index contributed by atoms with van der Waals surface area (Å²) in [6.07, 6.45) is 4.75. The van der Waals surface area contributed by atoms with Crippen LogP contribution in [0.4, 0.5) is 11.4 Å². The zero-order valence-electron chi connectivity index (χ0n) is 21.2. The van der Waals surface area contributed by atoms with Gasteiger partial charge in [0.1, 0.15) is 5.70 Å². The molecule has 0 saturated carbocycles. The summed E-state index contributed by atoms with van der Waals surface area (Å²) < 4.78 is 0. The lowest BCUT2D eigenvalue weighted by molar-refractivity contribution is -0.115. The Kier molecular flexibility index (Phi) is 9.96. The van der Waals surface area contributed by atoms with E-state index in [4.69, 9.17) is 23.2 Å². The van der Waals surface area contributed by atoms with Crippen LogP contribution in [0.25, 0.3) is 6.08 Å². The Balaban J connectivity index is 1.46. The van der Waals surface area contributed by atoms with Crippen molar-refractivity contribution in [2.75, 3.05) is 10.6 Å². The summed E-state index contributed by atoms with van der Waals surface area (Å²) in [5.41, 5.74) is 2.03. The van der Waals surface area contributed by atoms with Gasteiger partial charge >= 0.3 is 0 Å². The Labute approximate surface area is 246 Å². The van der Waals surface area contributed by atoms with Crippen molar-refractivity contribution in [2.24, 2.45) is 0 Å². The lowest BCUT2D eigenvalue weighted by Crippen LogP contribution is -2.30. The van der Waals surface area contributed by atoms with Crippen LogP contribution in [0, 0.1) is 0 Å². The number of nitrogens with one attached hydrogen (secondary N) is 3. The Hall–Kier alpha value is -4.11. The van der Waals surface area contributed by atoms with E-state index in [0.29, 0.717) is 27.5 Å². The molecule has 40 heavy (non-hydrogen) atoms. The molecule has 1 aromatic heterocycles. The molecule has 0 aliphatic heterocycles. The largest absolute Gasteiger partial charge is 0.324 e. The average molecular weight is 592 g/mol. The first-order chi connectivity index (χ1) is 19.3. The van der Waals surface area contributed by atoms with Crippen LogP contribution in [0.1, 0.15) is 22.8 Å². The van der Waals surface area contributed by atoms with Crippen molar-refractivity contribution in [1.29, 1.82) is 0 Å². The number of hydrogen-bond acceptors (Lipinski definition) is 5. The minimum absolute atomic E-state index is 0.0473. The summed E-state index contributed by atoms with van der Waals surface area (Å²) >= 11 is 13.5. The maximum atomic E-state index is 13.3. The molecule has 0 aliphatic carbocycles. The monoisotopic (exact) mass is 590 g/mol. The van der Waals surface area contributed by atoms with E-state index < -0.39 is 17.1 Å². The van der Waals surface area contributed by atoms with Crippen molar-refractivity contribution in [1.82, 2.24) is 10.3 Å². The van der Waals surface area contributed by atoms with Crippen molar-refractivity contribution in [3.8, 4) is 0 Å². The number of nitrogens with zero attached hydrogens (tertiary/aromatic N) is 1. The molecular weight excluding hydrogens is 567 g/mol. The van der Waals surface area contributed by atoms with Crippen molar-refractivity contribution in [3.05, 3.63) is 124 Å². The molecule has 202 valence electrons. The van der Waals surface area contributed by atoms with Crippen molar-refractivity contribution >= 4 is 70.1 Å². The van der Waals surface area contributed by atoms with Crippen LogP contribution in [-0.4, -0.2) is 28.0 Å². The van der Waals surface area contributed by atoms with E-state index in [2.05, 4.69) is 20.9 Å². The van der Waals surface area contributed by atoms with Crippen molar-refractivity contribution in [3.63, 3.8) is 0 Å². The third kappa shape index (κ3) is 7.95. The van der Waals surface area contributed by atoms with E-state index in [-0.39, 0.29) is 16.6 Å². The molecule has 0 aliphatic rings. The number of carbonyl (C=O) groups is 3. The second-order valence-electron chi connectivity index (χ2n) is 8.50. The minimum Gasteiger partial charge on any atom is -0.324 e. The molecule has 0 radical (unpaired) electrons. The molecule has 3 amide bonds. The molecular formula is C30H24Cl2N4O3S. The highest BCUT2D eigenvalue weighted by atomic mass is 35.5. The van der Waals surface area contributed by atoms with Gasteiger partial charge in [-0.25, -0.2) is 0 Å². The summed E-state index contributed by atoms with van der Waals surface area (Å²) in [5, 5.41) is 8.46. The number of halogens is 2. The van der Waals surface area contributed by atoms with E-state index in [1.807, 2.05) is 6.07 Å². The van der Waals surface area contributed by atoms with Crippen molar-refractivity contribution < 1.29 is 14.4 Å². The molecule has 7 nitrogen and oxygen atoms in total. The number of thioether (sulfide) groups is 1. The van der Waals surface area contributed by atoms with Crippen LogP contribution in [-0.2, 0) is 9.59 Å². The molecule has 0 spiro atoms. The Bertz CT molecular complexity index is 1550. The van der Waals surface area contributed by atoms with Gasteiger partial charge in [0.25, 0.3) is 11.8 Å². The zero-order chi connectivity index (χ0) is 28.5. The Morgan fingerprint density at radius 2 is 1.68 bits per heavy atom. The second-order valence-corrected chi connectivity index (χ2v) is 10.7. The van der Waals surface area contributed by atoms with Crippen molar-refractivity contribution in [2.45, 2.75) is 17.1 Å². The molecule has 1 atom stereocenters. The van der Waals surface area contributed by atoms with Crippen LogP contribution < -0.4 is 16.0 Å². The van der Waals surface area contributed by atoms with E-state index in [1.54, 1.807) is 104 Å². The average Bonchev–Trinajstić information content (AvgIpc) is 2.96. The minimum atomic E-state index is -0.517. The highest BCUT2D eigenvalue weighted by Crippen LogP contribution is 2.31. The molecule has 3 aromatic carbocycles. The molecule has 0 saturated heterocycles. The predicted octanol–water partition coefficient (Wildman–Crippen LogP) is 6.92. The summed E-state index contributed by atoms with van der Waals surface area (Å²) in [4.78, 5) is 43.7. The quantitative estimate of drug-likeness (QED) is 0.145. The van der Waals surface area contributed by atoms with Gasteiger partial charge in [-0.05, 0) is 67.1 Å². The van der Waals surface area contributed by atoms with E-state index in [9.17, 15) is 14.4 Å². The molecule has 3 N–H and O–H groups in total. The molecule has 0 bridgehead atoms. The van der Waals surface area contributed by atoms with Gasteiger partial charge in [0.2, 0.25) is 5.91 Å². The first-order valence-electron chi connectivity index (χ1n) is 12.1. The lowest BCUT2D eigenvalue weighted by atomic mass is 10.2. The van der Waals surface area contributed by atoms with Crippen LogP contribution >= 0.6 is 35.0 Å². The van der Waals surface area contributed by atoms with E-state index in [1.165, 1.54) is 11.8 Å². The van der Waals surface area contributed by atoms with Crippen LogP contribution in [0.15, 0.2) is 108 Å². The third-order valence-corrected chi connectivity index (χ3v) is 7.42. The molecule has 4 rings (SSSR count). The summed E-state index contributed by atoms with van der Waals surface area (Å²) in [5.74, 6) is -1.19. The first-order valence-corrected chi connectivity index (χ1v) is 13.7. The maximum absolute atomic E-state index is 13.3. The van der Waals surface area contributed by atoms with Gasteiger partial charge in [-0.1, -0.05) is 59.6 Å². The Morgan fingerprint density at radius 1 is 0.900 bits per heavy atom. The van der Waals surface area contributed by atoms with Gasteiger partial charge < -0.3 is 16.0 Å². The predicted molar refractivity (Wildman–Crippen MR) is 162 cm³/mol. The number of amides is 3. The number of anilines is 2. The van der Waals surface area contributed by atoms with Gasteiger partial charge in [0, 0.05) is 28.5 Å². The summed E-state index contributed by atoms with van der Waals surface area (Å²) in [7, 11) is 0. The SMILES string of the molecule is CC(Sc1cccc(NC(=O)/C(=C/c2cccnc2)NC(=O)c2ccccc2)c1)C(=O)Nc1cccc(Cl)c1Cl. The zero-order valence-corrected chi connectivity index (χ0v) is 23.6. The molecule has 0 fully saturated rings. The molecule has 4 aromatic rings. The number of hydrogen-bond donors (Lipinski definition) is 3. The van der Waals surface area contributed by atoms with E-state index in [0.717, 1.165) is 4.90 Å². The standard InChI is InChI=1S/C30H24Cl2N4O3S/c1-19(28(37)35-25-14-6-13-24(31)27(25)32)40-23-12-5-11-22(17-23)34-30(39)26(16-20-8-7-15-33-18-20)36-29(38)21-9-3-2-4-10-21/h2-19H,1H3,(H,34,39)(H,35,37)(H,36,38)/b26-16-.